The van der Waals surface area contributed by atoms with Crippen LogP contribution in [0.3, 0.4) is 0 Å². The molecule has 6 heteroatoms. The second-order valence-corrected chi connectivity index (χ2v) is 8.23. The maximum Gasteiger partial charge on any atom is 0.146 e. The lowest BCUT2D eigenvalue weighted by molar-refractivity contribution is 0.296. The van der Waals surface area contributed by atoms with Gasteiger partial charge in [0.2, 0.25) is 0 Å². The highest BCUT2D eigenvalue weighted by Gasteiger charge is 2.16. The van der Waals surface area contributed by atoms with E-state index < -0.39 is 0 Å². The van der Waals surface area contributed by atoms with Crippen LogP contribution in [0.1, 0.15) is 39.3 Å². The van der Waals surface area contributed by atoms with Crippen molar-refractivity contribution in [3.05, 3.63) is 66.6 Å². The summed E-state index contributed by atoms with van der Waals surface area (Å²) in [5, 5.41) is 0.888. The summed E-state index contributed by atoms with van der Waals surface area (Å²) in [4.78, 5) is 11.1. The van der Waals surface area contributed by atoms with Gasteiger partial charge in [0.05, 0.1) is 5.39 Å². The van der Waals surface area contributed by atoms with Gasteiger partial charge >= 0.3 is 0 Å². The van der Waals surface area contributed by atoms with E-state index >= 15 is 0 Å². The summed E-state index contributed by atoms with van der Waals surface area (Å²) in [6.07, 6.45) is 3.62. The van der Waals surface area contributed by atoms with Crippen LogP contribution < -0.4 is 10.5 Å². The van der Waals surface area contributed by atoms with Crippen molar-refractivity contribution in [2.45, 2.75) is 40.3 Å². The number of rotatable bonds is 8. The number of hydrogen-bond acceptors (Lipinski definition) is 5. The minimum atomic E-state index is 0.271. The fraction of sp³-hybridized carbons (Fsp3) is 0.308. The number of aromatic nitrogens is 3. The average Bonchev–Trinajstić information content (AvgIpc) is 3.20. The number of anilines is 1. The molecule has 4 rings (SSSR count). The molecule has 0 spiro atoms. The van der Waals surface area contributed by atoms with Crippen LogP contribution in [0.4, 0.5) is 5.82 Å². The number of hydrogen-bond donors (Lipinski definition) is 1. The molecule has 0 unspecified atom stereocenters. The van der Waals surface area contributed by atoms with Crippen LogP contribution in [-0.4, -0.2) is 32.5 Å². The van der Waals surface area contributed by atoms with Crippen molar-refractivity contribution in [3.63, 3.8) is 0 Å². The molecule has 2 heterocycles. The number of nitrogen functional groups attached to an aromatic ring is 1. The van der Waals surface area contributed by atoms with Gasteiger partial charge in [-0.15, -0.1) is 0 Å². The van der Waals surface area contributed by atoms with Gasteiger partial charge in [0.25, 0.3) is 0 Å². The van der Waals surface area contributed by atoms with Crippen LogP contribution in [0.2, 0.25) is 0 Å². The number of nitrogens with zero attached hydrogens (tertiary/aromatic N) is 4. The molecule has 166 valence electrons. The molecule has 0 bridgehead atoms. The van der Waals surface area contributed by atoms with Crippen LogP contribution in [0.15, 0.2) is 61.1 Å². The maximum atomic E-state index is 6.21. The van der Waals surface area contributed by atoms with E-state index in [1.807, 2.05) is 24.3 Å². The standard InChI is InChI=1S/C26H31N5O/c1-5-30(6-2)15-19-7-11-21(12-8-19)32-22-13-9-20(10-14-22)23-16-31(18(3)4)26-24(23)25(27)28-17-29-26/h7-14,16-18H,5-6,15H2,1-4H3,(H2,27,28,29). The Hall–Kier alpha value is -3.38. The van der Waals surface area contributed by atoms with Crippen molar-refractivity contribution in [1.82, 2.24) is 19.4 Å². The van der Waals surface area contributed by atoms with Crippen LogP contribution in [0.5, 0.6) is 11.5 Å². The van der Waals surface area contributed by atoms with Gasteiger partial charge < -0.3 is 15.0 Å². The van der Waals surface area contributed by atoms with Gasteiger partial charge in [0.15, 0.2) is 0 Å². The first-order chi connectivity index (χ1) is 15.5. The van der Waals surface area contributed by atoms with Gasteiger partial charge in [-0.1, -0.05) is 38.1 Å². The molecule has 0 aliphatic carbocycles. The van der Waals surface area contributed by atoms with Crippen LogP contribution in [0.25, 0.3) is 22.2 Å². The summed E-state index contributed by atoms with van der Waals surface area (Å²) < 4.78 is 8.20. The fourth-order valence-corrected chi connectivity index (χ4v) is 3.93. The van der Waals surface area contributed by atoms with Crippen LogP contribution in [-0.2, 0) is 6.54 Å². The molecule has 0 saturated heterocycles. The second-order valence-electron chi connectivity index (χ2n) is 8.23. The van der Waals surface area contributed by atoms with E-state index in [2.05, 4.69) is 77.6 Å². The maximum absolute atomic E-state index is 6.21. The average molecular weight is 430 g/mol. The Labute approximate surface area is 189 Å². The first-order valence-corrected chi connectivity index (χ1v) is 11.2. The Morgan fingerprint density at radius 1 is 0.938 bits per heavy atom. The van der Waals surface area contributed by atoms with Gasteiger partial charge in [-0.3, -0.25) is 4.90 Å². The number of benzene rings is 2. The molecule has 0 aliphatic rings. The van der Waals surface area contributed by atoms with Gasteiger partial charge in [0, 0.05) is 24.3 Å². The third-order valence-electron chi connectivity index (χ3n) is 5.82. The molecule has 0 fully saturated rings. The third-order valence-corrected chi connectivity index (χ3v) is 5.82. The van der Waals surface area contributed by atoms with E-state index in [0.717, 1.165) is 53.3 Å². The highest BCUT2D eigenvalue weighted by molar-refractivity contribution is 6.00. The van der Waals surface area contributed by atoms with Crippen molar-refractivity contribution in [2.75, 3.05) is 18.8 Å². The first-order valence-electron chi connectivity index (χ1n) is 11.2. The summed E-state index contributed by atoms with van der Waals surface area (Å²) in [6, 6.07) is 16.7. The summed E-state index contributed by atoms with van der Waals surface area (Å²) >= 11 is 0. The molecule has 4 aromatic rings. The Morgan fingerprint density at radius 2 is 1.56 bits per heavy atom. The highest BCUT2D eigenvalue weighted by atomic mass is 16.5. The summed E-state index contributed by atoms with van der Waals surface area (Å²) in [5.74, 6) is 2.12. The van der Waals surface area contributed by atoms with Gasteiger partial charge in [-0.05, 0) is 62.3 Å². The molecule has 0 saturated carbocycles. The molecular formula is C26H31N5O. The van der Waals surface area contributed by atoms with Crippen molar-refractivity contribution in [1.29, 1.82) is 0 Å². The van der Waals surface area contributed by atoms with Crippen molar-refractivity contribution >= 4 is 16.9 Å². The van der Waals surface area contributed by atoms with Gasteiger partial charge in [-0.2, -0.15) is 0 Å². The van der Waals surface area contributed by atoms with Crippen molar-refractivity contribution < 1.29 is 4.74 Å². The van der Waals surface area contributed by atoms with Crippen molar-refractivity contribution in [2.24, 2.45) is 0 Å². The zero-order valence-corrected chi connectivity index (χ0v) is 19.2. The topological polar surface area (TPSA) is 69.2 Å². The minimum Gasteiger partial charge on any atom is -0.457 e. The third kappa shape index (κ3) is 4.46. The van der Waals surface area contributed by atoms with Gasteiger partial charge in [-0.25, -0.2) is 9.97 Å². The molecule has 2 aromatic carbocycles. The predicted molar refractivity (Wildman–Crippen MR) is 131 cm³/mol. The van der Waals surface area contributed by atoms with Crippen LogP contribution >= 0.6 is 0 Å². The lowest BCUT2D eigenvalue weighted by Gasteiger charge is -2.18. The Balaban J connectivity index is 1.54. The monoisotopic (exact) mass is 429 g/mol. The number of ether oxygens (including phenoxy) is 1. The summed E-state index contributed by atoms with van der Waals surface area (Å²) in [5.41, 5.74) is 10.4. The lowest BCUT2D eigenvalue weighted by Crippen LogP contribution is -2.21. The first kappa shape index (κ1) is 21.8. The SMILES string of the molecule is CCN(CC)Cc1ccc(Oc2ccc(-c3cn(C(C)C)c4ncnc(N)c34)cc2)cc1. The number of nitrogens with two attached hydrogens (primary N) is 1. The van der Waals surface area contributed by atoms with E-state index in [9.17, 15) is 0 Å². The quantitative estimate of drug-likeness (QED) is 0.378. The highest BCUT2D eigenvalue weighted by Crippen LogP contribution is 2.35. The molecule has 0 atom stereocenters. The molecule has 2 N–H and O–H groups in total. The molecule has 0 amide bonds. The van der Waals surface area contributed by atoms with E-state index in [1.165, 1.54) is 11.9 Å². The lowest BCUT2D eigenvalue weighted by atomic mass is 10.1. The van der Waals surface area contributed by atoms with E-state index in [0.29, 0.717) is 5.82 Å². The van der Waals surface area contributed by atoms with Crippen molar-refractivity contribution in [3.8, 4) is 22.6 Å². The molecule has 0 aliphatic heterocycles. The smallest absolute Gasteiger partial charge is 0.146 e. The Bertz CT molecular complexity index is 1180. The fourth-order valence-electron chi connectivity index (χ4n) is 3.93. The van der Waals surface area contributed by atoms with E-state index in [4.69, 9.17) is 10.5 Å². The minimum absolute atomic E-state index is 0.271. The van der Waals surface area contributed by atoms with Crippen LogP contribution in [0, 0.1) is 0 Å². The predicted octanol–water partition coefficient (Wildman–Crippen LogP) is 5.90. The Kier molecular flexibility index (Phi) is 6.42. The molecule has 32 heavy (non-hydrogen) atoms. The normalized spacial score (nSPS) is 11.6. The Morgan fingerprint density at radius 3 is 2.16 bits per heavy atom. The molecule has 2 aromatic heterocycles. The summed E-state index contributed by atoms with van der Waals surface area (Å²) in [6.45, 7) is 11.7. The molecular weight excluding hydrogens is 398 g/mol. The zero-order valence-electron chi connectivity index (χ0n) is 19.2. The van der Waals surface area contributed by atoms with Gasteiger partial charge in [0.1, 0.15) is 29.3 Å². The number of fused-ring (bicyclic) bond motifs is 1. The van der Waals surface area contributed by atoms with E-state index in [1.54, 1.807) is 0 Å². The largest absolute Gasteiger partial charge is 0.457 e. The molecule has 0 radical (unpaired) electrons. The zero-order chi connectivity index (χ0) is 22.7. The summed E-state index contributed by atoms with van der Waals surface area (Å²) in [7, 11) is 0. The molecule has 6 nitrogen and oxygen atoms in total. The van der Waals surface area contributed by atoms with E-state index in [-0.39, 0.29) is 6.04 Å². The second kappa shape index (κ2) is 9.40.